The molecule has 0 saturated carbocycles. The van der Waals surface area contributed by atoms with E-state index >= 15 is 0 Å². The summed E-state index contributed by atoms with van der Waals surface area (Å²) in [6.45, 7) is 11.4. The number of ether oxygens (including phenoxy) is 2. The van der Waals surface area contributed by atoms with E-state index in [4.69, 9.17) is 21.1 Å². The highest BCUT2D eigenvalue weighted by Gasteiger charge is 2.37. The number of halogens is 1. The molecule has 0 bridgehead atoms. The van der Waals surface area contributed by atoms with E-state index in [1.165, 1.54) is 0 Å². The molecule has 1 heterocycles. The largest absolute Gasteiger partial charge is 0.490 e. The Hall–Kier alpha value is -2.99. The van der Waals surface area contributed by atoms with Crippen LogP contribution in [0, 0.1) is 5.41 Å². The van der Waals surface area contributed by atoms with Crippen LogP contribution in [0.2, 0.25) is 5.02 Å². The summed E-state index contributed by atoms with van der Waals surface area (Å²) in [6.07, 6.45) is 1.68. The van der Waals surface area contributed by atoms with Crippen molar-refractivity contribution in [1.29, 1.82) is 0 Å². The van der Waals surface area contributed by atoms with Crippen LogP contribution in [0.4, 0.5) is 11.4 Å². The molecule has 0 radical (unpaired) electrons. The molecule has 0 aliphatic carbocycles. The predicted molar refractivity (Wildman–Crippen MR) is 123 cm³/mol. The molecule has 0 unspecified atom stereocenters. The first-order valence-corrected chi connectivity index (χ1v) is 10.4. The van der Waals surface area contributed by atoms with Crippen molar-refractivity contribution >= 4 is 34.8 Å². The fourth-order valence-corrected chi connectivity index (χ4v) is 3.29. The van der Waals surface area contributed by atoms with Crippen LogP contribution in [0.15, 0.2) is 55.1 Å². The molecular weight excluding hydrogens is 416 g/mol. The molecule has 0 aromatic heterocycles. The van der Waals surface area contributed by atoms with Gasteiger partial charge in [-0.3, -0.25) is 9.59 Å². The van der Waals surface area contributed by atoms with Gasteiger partial charge in [0, 0.05) is 23.3 Å². The zero-order chi connectivity index (χ0) is 22.8. The molecule has 0 atom stereocenters. The second-order valence-electron chi connectivity index (χ2n) is 8.58. The van der Waals surface area contributed by atoms with Gasteiger partial charge >= 0.3 is 0 Å². The molecule has 1 N–H and O–H groups in total. The molecule has 0 saturated heterocycles. The summed E-state index contributed by atoms with van der Waals surface area (Å²) in [7, 11) is 0. The molecule has 6 nitrogen and oxygen atoms in total. The number of carbonyl (C=O) groups excluding carboxylic acids is 2. The van der Waals surface area contributed by atoms with Gasteiger partial charge in [-0.1, -0.05) is 17.7 Å². The zero-order valence-electron chi connectivity index (χ0n) is 18.2. The Labute approximate surface area is 187 Å². The molecule has 3 rings (SSSR count). The minimum atomic E-state index is -1.13. The number of rotatable bonds is 6. The highest BCUT2D eigenvalue weighted by Crippen LogP contribution is 2.38. The van der Waals surface area contributed by atoms with Crippen LogP contribution in [0.3, 0.4) is 0 Å². The molecule has 0 spiro atoms. The van der Waals surface area contributed by atoms with E-state index in [1.54, 1.807) is 67.3 Å². The quantitative estimate of drug-likeness (QED) is 0.634. The van der Waals surface area contributed by atoms with Gasteiger partial charge in [-0.05, 0) is 64.1 Å². The summed E-state index contributed by atoms with van der Waals surface area (Å²) in [6, 6.07) is 12.0. The molecule has 1 aliphatic rings. The third-order valence-corrected chi connectivity index (χ3v) is 5.22. The first kappa shape index (κ1) is 22.7. The second-order valence-corrected chi connectivity index (χ2v) is 9.02. The molecular formula is C24H27ClN2O4. The van der Waals surface area contributed by atoms with Crippen LogP contribution >= 0.6 is 11.6 Å². The fraction of sp³-hybridized carbons (Fsp3) is 0.333. The minimum Gasteiger partial charge on any atom is -0.490 e. The summed E-state index contributed by atoms with van der Waals surface area (Å²) in [5.41, 5.74) is -0.624. The lowest BCUT2D eigenvalue weighted by atomic mass is 9.93. The first-order chi connectivity index (χ1) is 14.5. The summed E-state index contributed by atoms with van der Waals surface area (Å²) in [4.78, 5) is 27.4. The van der Waals surface area contributed by atoms with E-state index in [-0.39, 0.29) is 18.4 Å². The summed E-state index contributed by atoms with van der Waals surface area (Å²) >= 11 is 5.90. The van der Waals surface area contributed by atoms with Gasteiger partial charge in [0.05, 0.1) is 11.1 Å². The van der Waals surface area contributed by atoms with Crippen LogP contribution in [-0.2, 0) is 9.59 Å². The smallest absolute Gasteiger partial charge is 0.267 e. The highest BCUT2D eigenvalue weighted by atomic mass is 35.5. The number of nitrogens with zero attached hydrogens (tertiary/aromatic N) is 1. The average Bonchev–Trinajstić information content (AvgIpc) is 2.80. The van der Waals surface area contributed by atoms with Gasteiger partial charge in [0.1, 0.15) is 18.1 Å². The monoisotopic (exact) mass is 442 g/mol. The zero-order valence-corrected chi connectivity index (χ0v) is 19.0. The first-order valence-electron chi connectivity index (χ1n) is 9.99. The predicted octanol–water partition coefficient (Wildman–Crippen LogP) is 5.07. The second kappa shape index (κ2) is 8.63. The third-order valence-electron chi connectivity index (χ3n) is 4.97. The van der Waals surface area contributed by atoms with E-state index < -0.39 is 11.0 Å². The van der Waals surface area contributed by atoms with Gasteiger partial charge in [-0.2, -0.15) is 0 Å². The number of amides is 2. The lowest BCUT2D eigenvalue weighted by Crippen LogP contribution is -2.42. The van der Waals surface area contributed by atoms with Gasteiger partial charge in [0.25, 0.3) is 5.91 Å². The lowest BCUT2D eigenvalue weighted by molar-refractivity contribution is -0.128. The molecule has 31 heavy (non-hydrogen) atoms. The maximum atomic E-state index is 12.9. The Kier molecular flexibility index (Phi) is 6.32. The average molecular weight is 443 g/mol. The van der Waals surface area contributed by atoms with Crippen molar-refractivity contribution in [3.05, 3.63) is 60.1 Å². The maximum absolute atomic E-state index is 12.9. The Morgan fingerprint density at radius 2 is 1.97 bits per heavy atom. The molecule has 7 heteroatoms. The van der Waals surface area contributed by atoms with E-state index in [0.29, 0.717) is 34.4 Å². The molecule has 2 aromatic carbocycles. The number of benzene rings is 2. The Morgan fingerprint density at radius 1 is 1.29 bits per heavy atom. The number of hydrogen-bond donors (Lipinski definition) is 1. The van der Waals surface area contributed by atoms with Crippen LogP contribution in [0.5, 0.6) is 11.5 Å². The normalized spacial score (nSPS) is 15.4. The Morgan fingerprint density at radius 3 is 2.61 bits per heavy atom. The lowest BCUT2D eigenvalue weighted by Gasteiger charge is -2.27. The van der Waals surface area contributed by atoms with Gasteiger partial charge in [0.15, 0.2) is 5.60 Å². The number of carbonyl (C=O) groups is 2. The van der Waals surface area contributed by atoms with Gasteiger partial charge < -0.3 is 19.7 Å². The van der Waals surface area contributed by atoms with Crippen molar-refractivity contribution in [3.8, 4) is 11.5 Å². The molecule has 0 fully saturated rings. The standard InChI is InChI=1S/C24H27ClN2O4/c1-6-13-27-19-12-9-17(14-20(19)30-15-23(2,3)22(27)29)26-21(28)24(4,5)31-18-10-7-16(25)8-11-18/h6-12,14H,1,13,15H2,2-5H3,(H,26,28). The van der Waals surface area contributed by atoms with E-state index in [2.05, 4.69) is 11.9 Å². The van der Waals surface area contributed by atoms with Crippen LogP contribution in [0.1, 0.15) is 27.7 Å². The number of nitrogens with one attached hydrogen (secondary N) is 1. The van der Waals surface area contributed by atoms with Gasteiger partial charge in [-0.25, -0.2) is 0 Å². The van der Waals surface area contributed by atoms with Crippen LogP contribution < -0.4 is 19.7 Å². The van der Waals surface area contributed by atoms with Gasteiger partial charge in [0.2, 0.25) is 5.91 Å². The van der Waals surface area contributed by atoms with Crippen molar-refractivity contribution in [2.24, 2.45) is 5.41 Å². The van der Waals surface area contributed by atoms with Crippen LogP contribution in [-0.4, -0.2) is 30.6 Å². The number of hydrogen-bond acceptors (Lipinski definition) is 4. The molecule has 164 valence electrons. The highest BCUT2D eigenvalue weighted by molar-refractivity contribution is 6.30. The van der Waals surface area contributed by atoms with E-state index in [0.717, 1.165) is 0 Å². The van der Waals surface area contributed by atoms with E-state index in [9.17, 15) is 9.59 Å². The number of fused-ring (bicyclic) bond motifs is 1. The van der Waals surface area contributed by atoms with Crippen molar-refractivity contribution in [3.63, 3.8) is 0 Å². The van der Waals surface area contributed by atoms with Gasteiger partial charge in [-0.15, -0.1) is 6.58 Å². The summed E-state index contributed by atoms with van der Waals surface area (Å²) in [5, 5.41) is 3.46. The number of anilines is 2. The fourth-order valence-electron chi connectivity index (χ4n) is 3.16. The molecule has 1 aliphatic heterocycles. The third kappa shape index (κ3) is 5.02. The topological polar surface area (TPSA) is 67.9 Å². The SMILES string of the molecule is C=CCN1C(=O)C(C)(C)COc2cc(NC(=O)C(C)(C)Oc3ccc(Cl)cc3)ccc21. The summed E-state index contributed by atoms with van der Waals surface area (Å²) in [5.74, 6) is 0.696. The van der Waals surface area contributed by atoms with Crippen LogP contribution in [0.25, 0.3) is 0 Å². The Balaban J connectivity index is 1.81. The van der Waals surface area contributed by atoms with E-state index in [1.807, 2.05) is 13.8 Å². The Bertz CT molecular complexity index is 999. The van der Waals surface area contributed by atoms with Crippen molar-refractivity contribution < 1.29 is 19.1 Å². The molecule has 2 amide bonds. The molecule has 2 aromatic rings. The maximum Gasteiger partial charge on any atom is 0.267 e. The minimum absolute atomic E-state index is 0.0413. The summed E-state index contributed by atoms with van der Waals surface area (Å²) < 4.78 is 11.8. The van der Waals surface area contributed by atoms with Crippen molar-refractivity contribution in [2.45, 2.75) is 33.3 Å². The van der Waals surface area contributed by atoms with Crippen molar-refractivity contribution in [1.82, 2.24) is 0 Å². The van der Waals surface area contributed by atoms with Crippen molar-refractivity contribution in [2.75, 3.05) is 23.4 Å².